The van der Waals surface area contributed by atoms with Gasteiger partial charge >= 0.3 is 0 Å². The van der Waals surface area contributed by atoms with E-state index in [-0.39, 0.29) is 11.5 Å². The number of nitrogens with one attached hydrogen (secondary N) is 1. The molecule has 0 aliphatic carbocycles. The molecule has 4 nitrogen and oxygen atoms in total. The second-order valence-electron chi connectivity index (χ2n) is 4.86. The molecule has 1 N–H and O–H groups in total. The summed E-state index contributed by atoms with van der Waals surface area (Å²) in [6.07, 6.45) is 0. The summed E-state index contributed by atoms with van der Waals surface area (Å²) in [7, 11) is 0. The zero-order chi connectivity index (χ0) is 17.8. The Balaban J connectivity index is 1.83. The van der Waals surface area contributed by atoms with Gasteiger partial charge in [-0.2, -0.15) is 10.4 Å². The van der Waals surface area contributed by atoms with E-state index in [9.17, 15) is 9.65 Å². The number of aromatic nitrogens is 1. The van der Waals surface area contributed by atoms with Gasteiger partial charge in [-0.05, 0) is 36.4 Å². The monoisotopic (exact) mass is 390 g/mol. The summed E-state index contributed by atoms with van der Waals surface area (Å²) >= 11 is 13.2. The van der Waals surface area contributed by atoms with Crippen LogP contribution in [0.25, 0.3) is 11.3 Å². The van der Waals surface area contributed by atoms with Crippen LogP contribution in [-0.4, -0.2) is 10.7 Å². The van der Waals surface area contributed by atoms with Gasteiger partial charge in [0.25, 0.3) is 0 Å². The molecule has 0 atom stereocenters. The van der Waals surface area contributed by atoms with Gasteiger partial charge in [0.2, 0.25) is 0 Å². The van der Waals surface area contributed by atoms with Crippen molar-refractivity contribution >= 4 is 45.9 Å². The maximum Gasteiger partial charge on any atom is 0.196 e. The fourth-order valence-corrected chi connectivity index (χ4v) is 3.00. The molecule has 3 rings (SSSR count). The van der Waals surface area contributed by atoms with Gasteiger partial charge in [0, 0.05) is 10.9 Å². The van der Waals surface area contributed by atoms with Gasteiger partial charge in [0.15, 0.2) is 10.7 Å². The lowest BCUT2D eigenvalue weighted by Gasteiger charge is -2.00. The van der Waals surface area contributed by atoms with Gasteiger partial charge in [0.1, 0.15) is 11.9 Å². The Morgan fingerprint density at radius 2 is 1.92 bits per heavy atom. The van der Waals surface area contributed by atoms with Crippen LogP contribution in [0.3, 0.4) is 0 Å². The number of hydrazone groups is 1. The molecule has 3 aromatic rings. The molecule has 0 saturated heterocycles. The van der Waals surface area contributed by atoms with E-state index in [2.05, 4.69) is 15.5 Å². The van der Waals surface area contributed by atoms with Crippen molar-refractivity contribution in [2.75, 3.05) is 5.43 Å². The minimum atomic E-state index is -0.346. The molecule has 0 bridgehead atoms. The normalized spacial score (nSPS) is 11.2. The van der Waals surface area contributed by atoms with E-state index in [0.717, 1.165) is 5.56 Å². The Morgan fingerprint density at radius 3 is 2.60 bits per heavy atom. The van der Waals surface area contributed by atoms with Crippen LogP contribution in [0.1, 0.15) is 5.01 Å². The zero-order valence-electron chi connectivity index (χ0n) is 12.5. The van der Waals surface area contributed by atoms with E-state index in [1.54, 1.807) is 23.6 Å². The highest BCUT2D eigenvalue weighted by atomic mass is 35.5. The Hall–Kier alpha value is -2.46. The third-order valence-electron chi connectivity index (χ3n) is 3.17. The van der Waals surface area contributed by atoms with Crippen LogP contribution in [0.2, 0.25) is 10.0 Å². The van der Waals surface area contributed by atoms with Gasteiger partial charge in [0.05, 0.1) is 21.4 Å². The summed E-state index contributed by atoms with van der Waals surface area (Å²) < 4.78 is 12.9. The number of nitrogens with zero attached hydrogens (tertiary/aromatic N) is 3. The topological polar surface area (TPSA) is 61.1 Å². The molecule has 8 heteroatoms. The quantitative estimate of drug-likeness (QED) is 0.466. The van der Waals surface area contributed by atoms with Crippen LogP contribution < -0.4 is 5.43 Å². The summed E-state index contributed by atoms with van der Waals surface area (Å²) in [4.78, 5) is 4.41. The SMILES string of the molecule is N#C/C(=N\Nc1ccc(F)cc1)c1nc(-c2ccc(Cl)c(Cl)c2)cs1. The van der Waals surface area contributed by atoms with E-state index >= 15 is 0 Å². The molecule has 25 heavy (non-hydrogen) atoms. The fourth-order valence-electron chi connectivity index (χ4n) is 1.94. The van der Waals surface area contributed by atoms with Crippen LogP contribution in [0.4, 0.5) is 10.1 Å². The highest BCUT2D eigenvalue weighted by molar-refractivity contribution is 7.12. The number of thiazole rings is 1. The predicted molar refractivity (Wildman–Crippen MR) is 99.7 cm³/mol. The second-order valence-corrected chi connectivity index (χ2v) is 6.53. The van der Waals surface area contributed by atoms with Crippen molar-refractivity contribution < 1.29 is 4.39 Å². The number of rotatable bonds is 4. The maximum absolute atomic E-state index is 12.9. The first-order valence-corrected chi connectivity index (χ1v) is 8.61. The van der Waals surface area contributed by atoms with Gasteiger partial charge in [-0.15, -0.1) is 11.3 Å². The average molecular weight is 391 g/mol. The van der Waals surface area contributed by atoms with Crippen molar-refractivity contribution in [1.82, 2.24) is 4.98 Å². The van der Waals surface area contributed by atoms with Crippen molar-refractivity contribution in [2.45, 2.75) is 0 Å². The Bertz CT molecular complexity index is 977. The minimum Gasteiger partial charge on any atom is -0.277 e. The van der Waals surface area contributed by atoms with E-state index in [4.69, 9.17) is 23.2 Å². The fraction of sp³-hybridized carbons (Fsp3) is 0. The lowest BCUT2D eigenvalue weighted by Crippen LogP contribution is -2.01. The molecule has 0 aliphatic rings. The number of hydrogen-bond acceptors (Lipinski definition) is 5. The summed E-state index contributed by atoms with van der Waals surface area (Å²) in [6, 6.07) is 12.8. The lowest BCUT2D eigenvalue weighted by atomic mass is 10.2. The number of nitriles is 1. The summed E-state index contributed by atoms with van der Waals surface area (Å²) in [5.74, 6) is -0.346. The van der Waals surface area contributed by atoms with E-state index in [1.807, 2.05) is 6.07 Å². The average Bonchev–Trinajstić information content (AvgIpc) is 3.09. The minimum absolute atomic E-state index is 0.126. The first-order valence-electron chi connectivity index (χ1n) is 6.97. The molecule has 1 aromatic heterocycles. The highest BCUT2D eigenvalue weighted by Crippen LogP contribution is 2.29. The number of hydrogen-bond donors (Lipinski definition) is 1. The van der Waals surface area contributed by atoms with Gasteiger partial charge in [-0.1, -0.05) is 29.3 Å². The van der Waals surface area contributed by atoms with E-state index < -0.39 is 0 Å². The van der Waals surface area contributed by atoms with Crippen LogP contribution in [0.5, 0.6) is 0 Å². The molecule has 2 aromatic carbocycles. The molecular formula is C17H9Cl2FN4S. The standard InChI is InChI=1S/C17H9Cl2FN4S/c18-13-6-1-10(7-14(13)19)16-9-25-17(22-16)15(8-21)24-23-12-4-2-11(20)3-5-12/h1-7,9,23H/b24-15+. The van der Waals surface area contributed by atoms with Crippen molar-refractivity contribution in [3.63, 3.8) is 0 Å². The van der Waals surface area contributed by atoms with Crippen molar-refractivity contribution in [3.8, 4) is 17.3 Å². The van der Waals surface area contributed by atoms with Crippen molar-refractivity contribution in [1.29, 1.82) is 5.26 Å². The third-order valence-corrected chi connectivity index (χ3v) is 4.76. The molecule has 0 spiro atoms. The Morgan fingerprint density at radius 1 is 1.16 bits per heavy atom. The van der Waals surface area contributed by atoms with Crippen molar-refractivity contribution in [2.24, 2.45) is 5.10 Å². The van der Waals surface area contributed by atoms with E-state index in [0.29, 0.717) is 26.4 Å². The summed E-state index contributed by atoms with van der Waals surface area (Å²) in [6.45, 7) is 0. The van der Waals surface area contributed by atoms with E-state index in [1.165, 1.54) is 35.6 Å². The molecule has 0 aliphatic heterocycles. The third kappa shape index (κ3) is 4.15. The molecule has 0 fully saturated rings. The van der Waals surface area contributed by atoms with Gasteiger partial charge in [-0.3, -0.25) is 5.43 Å². The maximum atomic E-state index is 12.9. The highest BCUT2D eigenvalue weighted by Gasteiger charge is 2.11. The lowest BCUT2D eigenvalue weighted by molar-refractivity contribution is 0.628. The number of anilines is 1. The molecule has 1 heterocycles. The van der Waals surface area contributed by atoms with Crippen LogP contribution >= 0.6 is 34.5 Å². The zero-order valence-corrected chi connectivity index (χ0v) is 14.8. The van der Waals surface area contributed by atoms with Crippen molar-refractivity contribution in [3.05, 3.63) is 68.7 Å². The molecule has 0 amide bonds. The molecule has 0 unspecified atom stereocenters. The molecule has 0 saturated carbocycles. The molecule has 0 radical (unpaired) electrons. The van der Waals surface area contributed by atoms with Crippen LogP contribution in [0.15, 0.2) is 52.9 Å². The smallest absolute Gasteiger partial charge is 0.196 e. The van der Waals surface area contributed by atoms with Crippen LogP contribution in [0, 0.1) is 17.1 Å². The molecule has 124 valence electrons. The van der Waals surface area contributed by atoms with Gasteiger partial charge < -0.3 is 0 Å². The largest absolute Gasteiger partial charge is 0.277 e. The summed E-state index contributed by atoms with van der Waals surface area (Å²) in [5.41, 5.74) is 4.87. The van der Waals surface area contributed by atoms with Gasteiger partial charge in [-0.25, -0.2) is 9.37 Å². The predicted octanol–water partition coefficient (Wildman–Crippen LogP) is 5.60. The Kier molecular flexibility index (Phi) is 5.29. The van der Waals surface area contributed by atoms with Crippen LogP contribution in [-0.2, 0) is 0 Å². The number of halogens is 3. The summed E-state index contributed by atoms with van der Waals surface area (Å²) in [5, 5.41) is 16.5. The second kappa shape index (κ2) is 7.62. The first-order chi connectivity index (χ1) is 12.1. The Labute approximate surface area is 157 Å². The first kappa shape index (κ1) is 17.4. The molecular weight excluding hydrogens is 382 g/mol. The number of benzene rings is 2.